The monoisotopic (exact) mass is 371 g/mol. The zero-order valence-electron chi connectivity index (χ0n) is 15.9. The number of hydrogen-bond acceptors (Lipinski definition) is 4. The van der Waals surface area contributed by atoms with Crippen LogP contribution in [-0.2, 0) is 22.5 Å². The van der Waals surface area contributed by atoms with Gasteiger partial charge in [0.05, 0.1) is 19.3 Å². The van der Waals surface area contributed by atoms with E-state index in [2.05, 4.69) is 19.1 Å². The van der Waals surface area contributed by atoms with E-state index >= 15 is 0 Å². The molecular weight excluding hydrogens is 350 g/mol. The molecule has 5 nitrogen and oxygen atoms in total. The quantitative estimate of drug-likeness (QED) is 0.369. The highest BCUT2D eigenvalue weighted by Crippen LogP contribution is 2.25. The Balaban J connectivity index is 2.05. The van der Waals surface area contributed by atoms with Crippen molar-refractivity contribution in [3.63, 3.8) is 0 Å². The zero-order valence-corrected chi connectivity index (χ0v) is 15.9. The predicted octanol–water partition coefficient (Wildman–Crippen LogP) is 4.24. The molecule has 0 atom stereocenters. The summed E-state index contributed by atoms with van der Waals surface area (Å²) in [5.41, 5.74) is 4.63. The van der Waals surface area contributed by atoms with Crippen molar-refractivity contribution in [1.82, 2.24) is 9.78 Å². The van der Waals surface area contributed by atoms with Gasteiger partial charge in [-0.15, -0.1) is 0 Å². The summed E-state index contributed by atoms with van der Waals surface area (Å²) in [6.07, 6.45) is 4.33. The lowest BCUT2D eigenvalue weighted by Crippen LogP contribution is -2.02. The molecule has 0 saturated heterocycles. The van der Waals surface area contributed by atoms with E-state index in [1.54, 1.807) is 0 Å². The van der Waals surface area contributed by atoms with Gasteiger partial charge in [0.15, 0.2) is 0 Å². The highest BCUT2D eigenvalue weighted by Gasteiger charge is 2.15. The molecule has 0 radical (unpaired) electrons. The zero-order chi connectivity index (χ0) is 19.9. The van der Waals surface area contributed by atoms with Gasteiger partial charge in [-0.3, -0.25) is 4.68 Å². The number of carbonyl (C=O) groups excluding carboxylic acids is 1. The first-order valence-corrected chi connectivity index (χ1v) is 9.05. The fourth-order valence-electron chi connectivity index (χ4n) is 2.92. The second-order valence-electron chi connectivity index (χ2n) is 6.33. The van der Waals surface area contributed by atoms with Crippen LogP contribution in [0.4, 0.5) is 0 Å². The molecule has 3 rings (SSSR count). The number of aromatic nitrogens is 2. The lowest BCUT2D eigenvalue weighted by Gasteiger charge is -2.03. The van der Waals surface area contributed by atoms with Crippen molar-refractivity contribution in [3.8, 4) is 17.3 Å². The first-order chi connectivity index (χ1) is 13.6. The number of ether oxygens (including phenoxy) is 1. The minimum absolute atomic E-state index is 0.0619. The van der Waals surface area contributed by atoms with Gasteiger partial charge >= 0.3 is 5.97 Å². The molecule has 0 aliphatic heterocycles. The smallest absolute Gasteiger partial charge is 0.348 e. The van der Waals surface area contributed by atoms with Crippen LogP contribution in [-0.4, -0.2) is 22.9 Å². The maximum Gasteiger partial charge on any atom is 0.348 e. The van der Waals surface area contributed by atoms with Gasteiger partial charge in [-0.25, -0.2) is 4.79 Å². The fraction of sp³-hybridized carbons (Fsp3) is 0.174. The summed E-state index contributed by atoms with van der Waals surface area (Å²) in [7, 11) is 1.26. The van der Waals surface area contributed by atoms with Gasteiger partial charge in [-0.05, 0) is 23.6 Å². The maximum absolute atomic E-state index is 11.8. The normalized spacial score (nSPS) is 11.1. The Morgan fingerprint density at radius 2 is 1.86 bits per heavy atom. The Morgan fingerprint density at radius 1 is 1.14 bits per heavy atom. The lowest BCUT2D eigenvalue weighted by molar-refractivity contribution is -0.135. The van der Waals surface area contributed by atoms with E-state index in [0.717, 1.165) is 23.2 Å². The van der Waals surface area contributed by atoms with E-state index in [1.165, 1.54) is 18.7 Å². The second-order valence-corrected chi connectivity index (χ2v) is 6.33. The molecule has 2 aromatic carbocycles. The first kappa shape index (κ1) is 19.1. The molecule has 0 aliphatic carbocycles. The van der Waals surface area contributed by atoms with E-state index in [9.17, 15) is 10.1 Å². The molecule has 0 N–H and O–H groups in total. The summed E-state index contributed by atoms with van der Waals surface area (Å²) in [5.74, 6) is -0.661. The number of nitrogens with zero attached hydrogens (tertiary/aromatic N) is 3. The maximum atomic E-state index is 11.8. The summed E-state index contributed by atoms with van der Waals surface area (Å²) in [6.45, 7) is 2.70. The van der Waals surface area contributed by atoms with Crippen LogP contribution in [0.5, 0.6) is 0 Å². The Labute approximate surface area is 164 Å². The fourth-order valence-corrected chi connectivity index (χ4v) is 2.92. The minimum Gasteiger partial charge on any atom is -0.465 e. The van der Waals surface area contributed by atoms with Crippen LogP contribution in [0, 0.1) is 11.3 Å². The highest BCUT2D eigenvalue weighted by molar-refractivity contribution is 5.98. The molecule has 0 bridgehead atoms. The molecule has 140 valence electrons. The molecule has 0 saturated carbocycles. The van der Waals surface area contributed by atoms with Gasteiger partial charge in [0.25, 0.3) is 0 Å². The molecule has 0 fully saturated rings. The van der Waals surface area contributed by atoms with E-state index in [-0.39, 0.29) is 5.57 Å². The first-order valence-electron chi connectivity index (χ1n) is 9.05. The number of benzene rings is 2. The van der Waals surface area contributed by atoms with Crippen LogP contribution in [0.2, 0.25) is 0 Å². The topological polar surface area (TPSA) is 67.9 Å². The largest absolute Gasteiger partial charge is 0.465 e. The van der Waals surface area contributed by atoms with Crippen LogP contribution >= 0.6 is 0 Å². The van der Waals surface area contributed by atoms with Gasteiger partial charge in [0.1, 0.15) is 11.6 Å². The minimum atomic E-state index is -0.661. The average molecular weight is 371 g/mol. The number of hydrogen-bond donors (Lipinski definition) is 0. The molecule has 0 spiro atoms. The predicted molar refractivity (Wildman–Crippen MR) is 108 cm³/mol. The third-order valence-corrected chi connectivity index (χ3v) is 4.44. The van der Waals surface area contributed by atoms with Crippen molar-refractivity contribution >= 4 is 12.0 Å². The van der Waals surface area contributed by atoms with E-state index in [0.29, 0.717) is 12.1 Å². The molecule has 1 heterocycles. The molecule has 1 aromatic heterocycles. The molecule has 3 aromatic rings. The molecule has 5 heteroatoms. The van der Waals surface area contributed by atoms with Gasteiger partial charge in [-0.2, -0.15) is 10.4 Å². The average Bonchev–Trinajstić information content (AvgIpc) is 3.14. The number of methoxy groups -OCH3 is 1. The number of aryl methyl sites for hydroxylation is 1. The Kier molecular flexibility index (Phi) is 6.03. The Morgan fingerprint density at radius 3 is 2.46 bits per heavy atom. The number of nitriles is 1. The van der Waals surface area contributed by atoms with Crippen molar-refractivity contribution in [3.05, 3.63) is 83.1 Å². The third kappa shape index (κ3) is 4.36. The van der Waals surface area contributed by atoms with Gasteiger partial charge in [0.2, 0.25) is 0 Å². The number of carbonyl (C=O) groups is 1. The summed E-state index contributed by atoms with van der Waals surface area (Å²) in [4.78, 5) is 11.8. The van der Waals surface area contributed by atoms with Crippen LogP contribution in [0.25, 0.3) is 17.3 Å². The third-order valence-electron chi connectivity index (χ3n) is 4.44. The molecule has 0 aliphatic rings. The van der Waals surface area contributed by atoms with Gasteiger partial charge in [0, 0.05) is 17.3 Å². The summed E-state index contributed by atoms with van der Waals surface area (Å²) in [6, 6.07) is 20.0. The van der Waals surface area contributed by atoms with Crippen LogP contribution < -0.4 is 0 Å². The van der Waals surface area contributed by atoms with E-state index in [4.69, 9.17) is 9.84 Å². The molecule has 0 amide bonds. The number of rotatable bonds is 6. The van der Waals surface area contributed by atoms with Crippen LogP contribution in [0.3, 0.4) is 0 Å². The van der Waals surface area contributed by atoms with Crippen molar-refractivity contribution < 1.29 is 9.53 Å². The number of esters is 1. The Hall–Kier alpha value is -3.65. The van der Waals surface area contributed by atoms with E-state index < -0.39 is 5.97 Å². The van der Waals surface area contributed by atoms with Gasteiger partial charge < -0.3 is 4.74 Å². The van der Waals surface area contributed by atoms with Crippen molar-refractivity contribution in [2.24, 2.45) is 0 Å². The highest BCUT2D eigenvalue weighted by atomic mass is 16.5. The van der Waals surface area contributed by atoms with E-state index in [1.807, 2.05) is 59.4 Å². The van der Waals surface area contributed by atoms with Crippen molar-refractivity contribution in [2.75, 3.05) is 7.11 Å². The van der Waals surface area contributed by atoms with Crippen LogP contribution in [0.15, 0.2) is 66.4 Å². The van der Waals surface area contributed by atoms with Gasteiger partial charge in [-0.1, -0.05) is 61.5 Å². The van der Waals surface area contributed by atoms with Crippen molar-refractivity contribution in [1.29, 1.82) is 5.26 Å². The molecule has 28 heavy (non-hydrogen) atoms. The standard InChI is InChI=1S/C23H21N3O2/c1-3-17-9-11-19(12-10-17)22-21(13-20(14-24)23(27)28-2)16-26(25-22)15-18-7-5-4-6-8-18/h4-13,16H,3,15H2,1-2H3/b20-13+. The SMILES string of the molecule is CCc1ccc(-c2nn(Cc3ccccc3)cc2/C=C(\C#N)C(=O)OC)cc1. The summed E-state index contributed by atoms with van der Waals surface area (Å²) < 4.78 is 6.51. The molecule has 0 unspecified atom stereocenters. The van der Waals surface area contributed by atoms with Crippen molar-refractivity contribution in [2.45, 2.75) is 19.9 Å². The van der Waals surface area contributed by atoms with Crippen LogP contribution in [0.1, 0.15) is 23.6 Å². The summed E-state index contributed by atoms with van der Waals surface area (Å²) >= 11 is 0. The Bertz CT molecular complexity index is 1030. The second kappa shape index (κ2) is 8.83. The summed E-state index contributed by atoms with van der Waals surface area (Å²) in [5, 5.41) is 14.0. The molecular formula is C23H21N3O2. The lowest BCUT2D eigenvalue weighted by atomic mass is 10.0.